The van der Waals surface area contributed by atoms with E-state index in [4.69, 9.17) is 11.6 Å². The van der Waals surface area contributed by atoms with Gasteiger partial charge >= 0.3 is 0 Å². The van der Waals surface area contributed by atoms with Crippen LogP contribution in [0.2, 0.25) is 5.02 Å². The van der Waals surface area contributed by atoms with Crippen molar-refractivity contribution in [2.24, 2.45) is 0 Å². The van der Waals surface area contributed by atoms with E-state index in [2.05, 4.69) is 20.6 Å². The van der Waals surface area contributed by atoms with Gasteiger partial charge in [-0.1, -0.05) is 29.8 Å². The van der Waals surface area contributed by atoms with Crippen molar-refractivity contribution in [3.63, 3.8) is 0 Å². The monoisotopic (exact) mass is 366 g/mol. The summed E-state index contributed by atoms with van der Waals surface area (Å²) in [4.78, 5) is 20.6. The Bertz CT molecular complexity index is 853. The Balaban J connectivity index is 1.51. The minimum Gasteiger partial charge on any atom is -0.366 e. The SMILES string of the molecule is O=C(NCCc1ccc(Cl)cc1)c1ccnc(NCc2cccnc2)c1. The van der Waals surface area contributed by atoms with E-state index in [-0.39, 0.29) is 5.91 Å². The molecule has 2 aromatic heterocycles. The molecule has 1 amide bonds. The van der Waals surface area contributed by atoms with Crippen LogP contribution >= 0.6 is 11.6 Å². The molecule has 0 aliphatic rings. The quantitative estimate of drug-likeness (QED) is 0.668. The van der Waals surface area contributed by atoms with E-state index in [0.717, 1.165) is 17.5 Å². The first-order valence-corrected chi connectivity index (χ1v) is 8.70. The number of anilines is 1. The fourth-order valence-electron chi connectivity index (χ4n) is 2.44. The number of aromatic nitrogens is 2. The van der Waals surface area contributed by atoms with Crippen LogP contribution in [-0.2, 0) is 13.0 Å². The molecule has 26 heavy (non-hydrogen) atoms. The molecule has 0 aliphatic heterocycles. The van der Waals surface area contributed by atoms with Crippen molar-refractivity contribution >= 4 is 23.3 Å². The summed E-state index contributed by atoms with van der Waals surface area (Å²) in [5.41, 5.74) is 2.75. The third-order valence-corrected chi connectivity index (χ3v) is 4.08. The number of nitrogens with zero attached hydrogens (tertiary/aromatic N) is 2. The number of pyridine rings is 2. The highest BCUT2D eigenvalue weighted by Gasteiger charge is 2.06. The highest BCUT2D eigenvalue weighted by Crippen LogP contribution is 2.11. The Kier molecular flexibility index (Phi) is 6.17. The van der Waals surface area contributed by atoms with Crippen LogP contribution in [0.4, 0.5) is 5.82 Å². The van der Waals surface area contributed by atoms with Crippen LogP contribution in [0, 0.1) is 0 Å². The number of benzene rings is 1. The predicted octanol–water partition coefficient (Wildman–Crippen LogP) is 3.71. The van der Waals surface area contributed by atoms with Crippen LogP contribution in [0.15, 0.2) is 67.1 Å². The Labute approximate surface area is 157 Å². The first-order chi connectivity index (χ1) is 12.7. The van der Waals surface area contributed by atoms with Gasteiger partial charge in [0.25, 0.3) is 5.91 Å². The maximum absolute atomic E-state index is 12.3. The highest BCUT2D eigenvalue weighted by atomic mass is 35.5. The third-order valence-electron chi connectivity index (χ3n) is 3.83. The molecule has 0 aliphatic carbocycles. The zero-order chi connectivity index (χ0) is 18.2. The fourth-order valence-corrected chi connectivity index (χ4v) is 2.56. The number of rotatable bonds is 7. The van der Waals surface area contributed by atoms with Gasteiger partial charge in [0.2, 0.25) is 0 Å². The second kappa shape index (κ2) is 8.97. The summed E-state index contributed by atoms with van der Waals surface area (Å²) in [6.45, 7) is 1.16. The number of amides is 1. The molecule has 0 fully saturated rings. The molecular weight excluding hydrogens is 348 g/mol. The first-order valence-electron chi connectivity index (χ1n) is 8.32. The zero-order valence-corrected chi connectivity index (χ0v) is 14.9. The average molecular weight is 367 g/mol. The molecule has 0 radical (unpaired) electrons. The van der Waals surface area contributed by atoms with Gasteiger partial charge in [0, 0.05) is 42.3 Å². The molecule has 6 heteroatoms. The summed E-state index contributed by atoms with van der Waals surface area (Å²) < 4.78 is 0. The van der Waals surface area contributed by atoms with Crippen molar-refractivity contribution in [3.05, 3.63) is 88.8 Å². The maximum atomic E-state index is 12.3. The number of nitrogens with one attached hydrogen (secondary N) is 2. The standard InChI is InChI=1S/C20H19ClN4O/c21-18-5-3-15(4-6-18)7-10-24-20(26)17-8-11-23-19(12-17)25-14-16-2-1-9-22-13-16/h1-6,8-9,11-13H,7,10,14H2,(H,23,25)(H,24,26). The number of carbonyl (C=O) groups is 1. The number of halogens is 1. The minimum absolute atomic E-state index is 0.120. The van der Waals surface area contributed by atoms with Crippen molar-refractivity contribution in [2.75, 3.05) is 11.9 Å². The van der Waals surface area contributed by atoms with Crippen molar-refractivity contribution in [1.29, 1.82) is 0 Å². The van der Waals surface area contributed by atoms with Crippen molar-refractivity contribution < 1.29 is 4.79 Å². The number of carbonyl (C=O) groups excluding carboxylic acids is 1. The van der Waals surface area contributed by atoms with Gasteiger partial charge in [-0.15, -0.1) is 0 Å². The minimum atomic E-state index is -0.120. The molecule has 3 aromatic rings. The molecule has 0 unspecified atom stereocenters. The lowest BCUT2D eigenvalue weighted by Gasteiger charge is -2.08. The molecule has 0 bridgehead atoms. The molecule has 0 saturated carbocycles. The zero-order valence-electron chi connectivity index (χ0n) is 14.2. The van der Waals surface area contributed by atoms with Gasteiger partial charge in [-0.2, -0.15) is 0 Å². The normalized spacial score (nSPS) is 10.3. The molecule has 0 atom stereocenters. The van der Waals surface area contributed by atoms with Gasteiger partial charge in [0.15, 0.2) is 0 Å². The molecule has 0 saturated heterocycles. The lowest BCUT2D eigenvalue weighted by Crippen LogP contribution is -2.25. The van der Waals surface area contributed by atoms with E-state index < -0.39 is 0 Å². The van der Waals surface area contributed by atoms with Crippen LogP contribution < -0.4 is 10.6 Å². The predicted molar refractivity (Wildman–Crippen MR) is 103 cm³/mol. The van der Waals surface area contributed by atoms with Crippen molar-refractivity contribution in [2.45, 2.75) is 13.0 Å². The van der Waals surface area contributed by atoms with Crippen LogP contribution in [-0.4, -0.2) is 22.4 Å². The number of hydrogen-bond acceptors (Lipinski definition) is 4. The van der Waals surface area contributed by atoms with E-state index in [0.29, 0.717) is 29.5 Å². The van der Waals surface area contributed by atoms with E-state index in [1.165, 1.54) is 0 Å². The van der Waals surface area contributed by atoms with Crippen LogP contribution in [0.1, 0.15) is 21.5 Å². The molecule has 132 valence electrons. The van der Waals surface area contributed by atoms with Crippen LogP contribution in [0.5, 0.6) is 0 Å². The van der Waals surface area contributed by atoms with Crippen LogP contribution in [0.3, 0.4) is 0 Å². The Hall–Kier alpha value is -2.92. The Morgan fingerprint density at radius 3 is 2.65 bits per heavy atom. The highest BCUT2D eigenvalue weighted by molar-refractivity contribution is 6.30. The van der Waals surface area contributed by atoms with Crippen molar-refractivity contribution in [3.8, 4) is 0 Å². The molecule has 2 N–H and O–H groups in total. The van der Waals surface area contributed by atoms with Gasteiger partial charge in [0.05, 0.1) is 0 Å². The second-order valence-electron chi connectivity index (χ2n) is 5.78. The molecule has 3 rings (SSSR count). The fraction of sp³-hybridized carbons (Fsp3) is 0.150. The van der Waals surface area contributed by atoms with E-state index >= 15 is 0 Å². The lowest BCUT2D eigenvalue weighted by molar-refractivity contribution is 0.0954. The smallest absolute Gasteiger partial charge is 0.251 e. The van der Waals surface area contributed by atoms with E-state index in [1.54, 1.807) is 30.7 Å². The molecule has 1 aromatic carbocycles. The largest absolute Gasteiger partial charge is 0.366 e. The molecule has 2 heterocycles. The maximum Gasteiger partial charge on any atom is 0.251 e. The van der Waals surface area contributed by atoms with Gasteiger partial charge in [-0.05, 0) is 47.9 Å². The van der Waals surface area contributed by atoms with Crippen molar-refractivity contribution in [1.82, 2.24) is 15.3 Å². The summed E-state index contributed by atoms with van der Waals surface area (Å²) in [6.07, 6.45) is 5.90. The summed E-state index contributed by atoms with van der Waals surface area (Å²) in [7, 11) is 0. The summed E-state index contributed by atoms with van der Waals surface area (Å²) in [5.74, 6) is 0.532. The van der Waals surface area contributed by atoms with Gasteiger partial charge in [-0.3, -0.25) is 9.78 Å². The van der Waals surface area contributed by atoms with E-state index in [1.807, 2.05) is 36.4 Å². The average Bonchev–Trinajstić information content (AvgIpc) is 2.69. The Morgan fingerprint density at radius 2 is 1.88 bits per heavy atom. The topological polar surface area (TPSA) is 66.9 Å². The summed E-state index contributed by atoms with van der Waals surface area (Å²) in [6, 6.07) is 14.9. The van der Waals surface area contributed by atoms with Crippen LogP contribution in [0.25, 0.3) is 0 Å². The summed E-state index contributed by atoms with van der Waals surface area (Å²) in [5, 5.41) is 6.83. The van der Waals surface area contributed by atoms with Gasteiger partial charge in [-0.25, -0.2) is 4.98 Å². The van der Waals surface area contributed by atoms with E-state index in [9.17, 15) is 4.79 Å². The van der Waals surface area contributed by atoms with Gasteiger partial charge < -0.3 is 10.6 Å². The second-order valence-corrected chi connectivity index (χ2v) is 6.21. The third kappa shape index (κ3) is 5.29. The Morgan fingerprint density at radius 1 is 1.04 bits per heavy atom. The molecular formula is C20H19ClN4O. The molecule has 0 spiro atoms. The summed E-state index contributed by atoms with van der Waals surface area (Å²) >= 11 is 5.87. The van der Waals surface area contributed by atoms with Gasteiger partial charge in [0.1, 0.15) is 5.82 Å². The molecule has 5 nitrogen and oxygen atoms in total. The first kappa shape index (κ1) is 17.9. The lowest BCUT2D eigenvalue weighted by atomic mass is 10.1. The number of hydrogen-bond donors (Lipinski definition) is 2.